The van der Waals surface area contributed by atoms with Gasteiger partial charge in [0, 0.05) is 76.4 Å². The molecule has 0 heterocycles. The molecular weight excluding hydrogens is 1140 g/mol. The minimum Gasteiger partial charge on any atom is -0.345 e. The lowest BCUT2D eigenvalue weighted by atomic mass is 9.99. The first kappa shape index (κ1) is 58.2. The zero-order valence-electron chi connectivity index (χ0n) is 52.6. The monoisotopic (exact) mass is 1200 g/mol. The van der Waals surface area contributed by atoms with Crippen LogP contribution in [0.1, 0.15) is 0 Å². The van der Waals surface area contributed by atoms with Crippen LogP contribution in [0.15, 0.2) is 376 Å². The maximum absolute atomic E-state index is 2.31. The third-order valence-corrected chi connectivity index (χ3v) is 18.1. The van der Waals surface area contributed by atoms with E-state index in [9.17, 15) is 0 Å². The van der Waals surface area contributed by atoms with Crippen LogP contribution in [-0.2, 0) is 0 Å². The molecule has 16 rings (SSSR count). The van der Waals surface area contributed by atoms with Crippen molar-refractivity contribution in [1.29, 1.82) is 0 Å². The van der Waals surface area contributed by atoms with E-state index in [1.165, 1.54) is 99.0 Å². The largest absolute Gasteiger partial charge is 0.345 e. The molecule has 0 spiro atoms. The van der Waals surface area contributed by atoms with Gasteiger partial charge in [0.05, 0.1) is 0 Å². The molecule has 0 amide bonds. The number of hydrogen-bond donors (Lipinski definition) is 0. The summed E-state index contributed by atoms with van der Waals surface area (Å²) in [4.78, 5) is 9.16. The van der Waals surface area contributed by atoms with Crippen LogP contribution in [0.2, 0.25) is 0 Å². The Morgan fingerprint density at radius 3 is 0.851 bits per heavy atom. The summed E-state index contributed by atoms with van der Waals surface area (Å²) in [5.41, 5.74) is 21.0. The van der Waals surface area contributed by atoms with Gasteiger partial charge in [-0.15, -0.1) is 0 Å². The van der Waals surface area contributed by atoms with E-state index in [0.717, 1.165) is 45.5 Å². The van der Waals surface area contributed by atoms with Crippen LogP contribution >= 0.6 is 0 Å². The van der Waals surface area contributed by atoms with Crippen molar-refractivity contribution >= 4 is 100.0 Å². The quantitative estimate of drug-likeness (QED) is 0.0795. The molecule has 0 fully saturated rings. The highest BCUT2D eigenvalue weighted by molar-refractivity contribution is 6.13. The van der Waals surface area contributed by atoms with Gasteiger partial charge in [-0.1, -0.05) is 249 Å². The van der Waals surface area contributed by atoms with Gasteiger partial charge in [-0.3, -0.25) is 0 Å². The summed E-state index contributed by atoms with van der Waals surface area (Å²) in [5, 5.41) is 10.1. The standard InChI is InChI=1S/2C45H34N2/c1-46(45-32-37-14-8-9-17-42(37)43-18-10-11-19-44(43)45)38-26-20-35(21-27-38)36-24-30-41(31-25-36)47(39-15-6-3-7-16-39)40-28-22-34(23-29-40)33-12-4-2-5-13-33;1-46(45-29-22-39-30-37-12-8-9-13-38(37)31-40(39)32-45)41-23-16-35(17-24-41)36-20-27-44(28-21-36)47(42-14-6-3-7-15-42)43-25-18-34(19-26-43)33-10-4-2-5-11-33/h2*2-32H,1H3. The van der Waals surface area contributed by atoms with Crippen molar-refractivity contribution in [2.45, 2.75) is 0 Å². The number of nitrogens with zero attached hydrogens (tertiary/aromatic N) is 4. The van der Waals surface area contributed by atoms with E-state index in [1.807, 2.05) is 0 Å². The molecule has 0 aliphatic rings. The second kappa shape index (κ2) is 26.3. The van der Waals surface area contributed by atoms with Gasteiger partial charge in [0.25, 0.3) is 0 Å². The van der Waals surface area contributed by atoms with Crippen molar-refractivity contribution in [2.75, 3.05) is 33.7 Å². The average molecular weight is 1210 g/mol. The Morgan fingerprint density at radius 1 is 0.160 bits per heavy atom. The van der Waals surface area contributed by atoms with Gasteiger partial charge in [-0.05, 0) is 210 Å². The molecule has 16 aromatic carbocycles. The van der Waals surface area contributed by atoms with Crippen LogP contribution in [0, 0.1) is 0 Å². The van der Waals surface area contributed by atoms with Gasteiger partial charge in [-0.2, -0.15) is 0 Å². The lowest BCUT2D eigenvalue weighted by Gasteiger charge is -2.26. The minimum atomic E-state index is 1.12. The SMILES string of the molecule is CN(c1ccc(-c2ccc(N(c3ccccc3)c3ccc(-c4ccccc4)cc3)cc2)cc1)c1cc2ccccc2c2ccccc12.CN(c1ccc(-c2ccc(N(c3ccccc3)c3ccc(-c4ccccc4)cc3)cc2)cc1)c1ccc2cc3ccccc3cc2c1. The van der Waals surface area contributed by atoms with Crippen LogP contribution in [0.4, 0.5) is 56.9 Å². The lowest BCUT2D eigenvalue weighted by molar-refractivity contribution is 1.21. The third kappa shape index (κ3) is 12.2. The van der Waals surface area contributed by atoms with Crippen molar-refractivity contribution in [2.24, 2.45) is 0 Å². The van der Waals surface area contributed by atoms with Gasteiger partial charge < -0.3 is 19.6 Å². The molecule has 0 bridgehead atoms. The van der Waals surface area contributed by atoms with Gasteiger partial charge >= 0.3 is 0 Å². The fourth-order valence-corrected chi connectivity index (χ4v) is 13.0. The Hall–Kier alpha value is -12.2. The number of anilines is 10. The van der Waals surface area contributed by atoms with E-state index in [-0.39, 0.29) is 0 Å². The van der Waals surface area contributed by atoms with Crippen LogP contribution < -0.4 is 19.6 Å². The maximum atomic E-state index is 2.31. The molecule has 0 aliphatic heterocycles. The maximum Gasteiger partial charge on any atom is 0.0494 e. The van der Waals surface area contributed by atoms with Crippen LogP contribution in [0.3, 0.4) is 0 Å². The fourth-order valence-electron chi connectivity index (χ4n) is 13.0. The predicted octanol–water partition coefficient (Wildman–Crippen LogP) is 25.1. The van der Waals surface area contributed by atoms with Gasteiger partial charge in [0.1, 0.15) is 0 Å². The molecule has 94 heavy (non-hydrogen) atoms. The zero-order chi connectivity index (χ0) is 63.2. The summed E-state index contributed by atoms with van der Waals surface area (Å²) in [5.74, 6) is 0. The van der Waals surface area contributed by atoms with E-state index >= 15 is 0 Å². The first-order chi connectivity index (χ1) is 46.4. The van der Waals surface area contributed by atoms with E-state index in [1.54, 1.807) is 0 Å². The van der Waals surface area contributed by atoms with Gasteiger partial charge in [0.2, 0.25) is 0 Å². The average Bonchev–Trinajstić information content (AvgIpc) is 1.10. The Balaban J connectivity index is 0.000000155. The highest BCUT2D eigenvalue weighted by Crippen LogP contribution is 2.42. The number of hydrogen-bond acceptors (Lipinski definition) is 4. The molecule has 0 N–H and O–H groups in total. The molecule has 4 nitrogen and oxygen atoms in total. The summed E-state index contributed by atoms with van der Waals surface area (Å²) >= 11 is 0. The van der Waals surface area contributed by atoms with Crippen LogP contribution in [-0.4, -0.2) is 14.1 Å². The molecule has 0 atom stereocenters. The molecule has 16 aromatic rings. The Labute approximate surface area is 551 Å². The zero-order valence-corrected chi connectivity index (χ0v) is 52.6. The molecular formula is C90H68N4. The molecule has 0 radical (unpaired) electrons. The van der Waals surface area contributed by atoms with E-state index < -0.39 is 0 Å². The van der Waals surface area contributed by atoms with E-state index in [2.05, 4.69) is 410 Å². The van der Waals surface area contributed by atoms with Crippen molar-refractivity contribution in [3.63, 3.8) is 0 Å². The smallest absolute Gasteiger partial charge is 0.0494 e. The van der Waals surface area contributed by atoms with Crippen molar-refractivity contribution in [1.82, 2.24) is 0 Å². The number of para-hydroxylation sites is 2. The third-order valence-electron chi connectivity index (χ3n) is 18.1. The number of rotatable bonds is 14. The van der Waals surface area contributed by atoms with Crippen molar-refractivity contribution in [3.8, 4) is 44.5 Å². The molecule has 448 valence electrons. The first-order valence-corrected chi connectivity index (χ1v) is 32.2. The summed E-state index contributed by atoms with van der Waals surface area (Å²) < 4.78 is 0. The fraction of sp³-hybridized carbons (Fsp3) is 0.0222. The normalized spacial score (nSPS) is 11.1. The summed E-state index contributed by atoms with van der Waals surface area (Å²) in [7, 11) is 4.29. The van der Waals surface area contributed by atoms with Crippen LogP contribution in [0.25, 0.3) is 87.6 Å². The molecule has 0 aliphatic carbocycles. The van der Waals surface area contributed by atoms with Crippen LogP contribution in [0.5, 0.6) is 0 Å². The number of fused-ring (bicyclic) bond motifs is 5. The highest BCUT2D eigenvalue weighted by atomic mass is 15.1. The Kier molecular flexibility index (Phi) is 16.3. The van der Waals surface area contributed by atoms with Crippen molar-refractivity contribution in [3.05, 3.63) is 376 Å². The minimum absolute atomic E-state index is 1.12. The second-order valence-corrected chi connectivity index (χ2v) is 23.9. The summed E-state index contributed by atoms with van der Waals surface area (Å²) in [6, 6.07) is 135. The lowest BCUT2D eigenvalue weighted by Crippen LogP contribution is -2.10. The summed E-state index contributed by atoms with van der Waals surface area (Å²) in [6.45, 7) is 0. The molecule has 0 saturated carbocycles. The molecule has 0 aromatic heterocycles. The first-order valence-electron chi connectivity index (χ1n) is 32.2. The Bertz CT molecular complexity index is 5220. The van der Waals surface area contributed by atoms with E-state index in [0.29, 0.717) is 0 Å². The van der Waals surface area contributed by atoms with Crippen molar-refractivity contribution < 1.29 is 0 Å². The summed E-state index contributed by atoms with van der Waals surface area (Å²) in [6.07, 6.45) is 0. The topological polar surface area (TPSA) is 13.0 Å². The van der Waals surface area contributed by atoms with Gasteiger partial charge in [0.15, 0.2) is 0 Å². The number of benzene rings is 16. The molecule has 0 unspecified atom stereocenters. The van der Waals surface area contributed by atoms with E-state index in [4.69, 9.17) is 0 Å². The second-order valence-electron chi connectivity index (χ2n) is 23.9. The predicted molar refractivity (Wildman–Crippen MR) is 403 cm³/mol. The molecule has 0 saturated heterocycles. The van der Waals surface area contributed by atoms with Gasteiger partial charge in [-0.25, -0.2) is 0 Å². The Morgan fingerprint density at radius 2 is 0.436 bits per heavy atom. The molecule has 4 heteroatoms. The highest BCUT2D eigenvalue weighted by Gasteiger charge is 2.17.